The van der Waals surface area contributed by atoms with Gasteiger partial charge in [0.2, 0.25) is 0 Å². The summed E-state index contributed by atoms with van der Waals surface area (Å²) in [6.07, 6.45) is 1.18. The van der Waals surface area contributed by atoms with Gasteiger partial charge in [-0.05, 0) is 29.2 Å². The molecule has 3 aromatic rings. The lowest BCUT2D eigenvalue weighted by atomic mass is 10.00. The van der Waals surface area contributed by atoms with Gasteiger partial charge in [-0.25, -0.2) is 4.79 Å². The summed E-state index contributed by atoms with van der Waals surface area (Å²) in [6, 6.07) is 16.2. The van der Waals surface area contributed by atoms with Crippen LogP contribution in [0.3, 0.4) is 0 Å². The fourth-order valence-corrected chi connectivity index (χ4v) is 4.02. The largest absolute Gasteiger partial charge is 0.436 e. The highest BCUT2D eigenvalue weighted by Crippen LogP contribution is 2.20. The predicted octanol–water partition coefficient (Wildman–Crippen LogP) is 2.35. The number of rotatable bonds is 7. The summed E-state index contributed by atoms with van der Waals surface area (Å²) in [7, 11) is 0. The number of hydrogen-bond donors (Lipinski definition) is 3. The lowest BCUT2D eigenvalue weighted by Crippen LogP contribution is -2.44. The van der Waals surface area contributed by atoms with Crippen LogP contribution in [0.5, 0.6) is 0 Å². The zero-order valence-corrected chi connectivity index (χ0v) is 16.8. The average Bonchev–Trinajstić information content (AvgIpc) is 3.16. The van der Waals surface area contributed by atoms with E-state index in [2.05, 4.69) is 39.5 Å². The van der Waals surface area contributed by atoms with Gasteiger partial charge < -0.3 is 20.8 Å². The molecule has 0 aliphatic carbocycles. The number of para-hydroxylation sites is 1. The number of nitrogens with two attached hydrogens (primary N) is 1. The van der Waals surface area contributed by atoms with Crippen LogP contribution in [0.15, 0.2) is 54.7 Å². The van der Waals surface area contributed by atoms with Crippen LogP contribution in [0.25, 0.3) is 10.9 Å². The first-order valence-corrected chi connectivity index (χ1v) is 10.2. The highest BCUT2D eigenvalue weighted by atomic mass is 16.6. The van der Waals surface area contributed by atoms with Crippen molar-refractivity contribution in [3.8, 4) is 0 Å². The molecule has 2 aromatic carbocycles. The number of amides is 2. The molecule has 4 rings (SSSR count). The lowest BCUT2D eigenvalue weighted by molar-refractivity contribution is -0.129. The van der Waals surface area contributed by atoms with Crippen molar-refractivity contribution in [1.82, 2.24) is 15.2 Å². The first kappa shape index (κ1) is 20.0. The third kappa shape index (κ3) is 4.63. The van der Waals surface area contributed by atoms with Gasteiger partial charge >= 0.3 is 6.09 Å². The molecule has 0 saturated carbocycles. The van der Waals surface area contributed by atoms with Crippen molar-refractivity contribution in [3.05, 3.63) is 71.4 Å². The Kier molecular flexibility index (Phi) is 5.99. The summed E-state index contributed by atoms with van der Waals surface area (Å²) in [4.78, 5) is 29.5. The second kappa shape index (κ2) is 9.00. The molecule has 156 valence electrons. The molecule has 1 aliphatic rings. The molecule has 0 radical (unpaired) electrons. The Morgan fingerprint density at radius 1 is 1.13 bits per heavy atom. The van der Waals surface area contributed by atoms with Crippen molar-refractivity contribution in [2.75, 3.05) is 19.6 Å². The normalized spacial score (nSPS) is 14.8. The molecule has 0 spiro atoms. The summed E-state index contributed by atoms with van der Waals surface area (Å²) in [5.74, 6) is -0.337. The number of carbonyl (C=O) groups is 2. The van der Waals surface area contributed by atoms with Crippen molar-refractivity contribution in [2.24, 2.45) is 5.73 Å². The third-order valence-electron chi connectivity index (χ3n) is 5.57. The molecule has 1 atom stereocenters. The first-order valence-electron chi connectivity index (χ1n) is 10.2. The van der Waals surface area contributed by atoms with E-state index in [4.69, 9.17) is 10.5 Å². The average molecular weight is 406 g/mol. The second-order valence-electron chi connectivity index (χ2n) is 7.58. The van der Waals surface area contributed by atoms with Gasteiger partial charge in [-0.2, -0.15) is 0 Å². The van der Waals surface area contributed by atoms with E-state index in [0.29, 0.717) is 6.54 Å². The highest BCUT2D eigenvalue weighted by molar-refractivity contribution is 5.86. The number of hydrogen-bond acceptors (Lipinski definition) is 4. The Balaban J connectivity index is 1.34. The first-order chi connectivity index (χ1) is 14.6. The summed E-state index contributed by atoms with van der Waals surface area (Å²) in [6.45, 7) is 3.05. The van der Waals surface area contributed by atoms with Crippen LogP contribution in [-0.4, -0.2) is 47.6 Å². The van der Waals surface area contributed by atoms with E-state index in [0.717, 1.165) is 42.5 Å². The summed E-state index contributed by atoms with van der Waals surface area (Å²) in [5, 5.41) is 3.89. The molecular formula is C23H26N4O3. The molecular weight excluding hydrogens is 380 g/mol. The molecule has 1 unspecified atom stereocenters. The molecule has 0 bridgehead atoms. The number of carbonyl (C=O) groups excluding carboxylic acids is 2. The molecule has 7 nitrogen and oxygen atoms in total. The van der Waals surface area contributed by atoms with E-state index in [1.54, 1.807) is 0 Å². The van der Waals surface area contributed by atoms with Gasteiger partial charge in [-0.3, -0.25) is 9.69 Å². The monoisotopic (exact) mass is 406 g/mol. The van der Waals surface area contributed by atoms with Crippen LogP contribution in [0, 0.1) is 0 Å². The Morgan fingerprint density at radius 3 is 2.73 bits per heavy atom. The highest BCUT2D eigenvalue weighted by Gasteiger charge is 2.24. The molecule has 1 aromatic heterocycles. The standard InChI is InChI=1S/C23H26N4O3/c24-23(29)30-21(13-18-14-26-20-8-4-3-7-19(18)20)22(28)25-10-12-27-11-9-16-5-1-2-6-17(16)15-27/h1-8,14,21,26H,9-13,15H2,(H2,24,29)(H,25,28). The number of primary amides is 1. The molecule has 0 fully saturated rings. The minimum atomic E-state index is -0.969. The van der Waals surface area contributed by atoms with E-state index in [9.17, 15) is 9.59 Å². The number of aromatic nitrogens is 1. The van der Waals surface area contributed by atoms with Crippen LogP contribution < -0.4 is 11.1 Å². The molecule has 2 heterocycles. The lowest BCUT2D eigenvalue weighted by Gasteiger charge is -2.28. The summed E-state index contributed by atoms with van der Waals surface area (Å²) in [5.41, 5.74) is 9.81. The van der Waals surface area contributed by atoms with Crippen molar-refractivity contribution >= 4 is 22.9 Å². The van der Waals surface area contributed by atoms with Gasteiger partial charge in [0.1, 0.15) is 0 Å². The number of nitrogens with one attached hydrogen (secondary N) is 2. The van der Waals surface area contributed by atoms with E-state index >= 15 is 0 Å². The van der Waals surface area contributed by atoms with E-state index in [1.807, 2.05) is 30.5 Å². The maximum atomic E-state index is 12.7. The van der Waals surface area contributed by atoms with E-state index in [1.165, 1.54) is 11.1 Å². The van der Waals surface area contributed by atoms with Gasteiger partial charge in [0, 0.05) is 49.7 Å². The summed E-state index contributed by atoms with van der Waals surface area (Å²) >= 11 is 0. The van der Waals surface area contributed by atoms with Crippen LogP contribution >= 0.6 is 0 Å². The third-order valence-corrected chi connectivity index (χ3v) is 5.57. The quantitative estimate of drug-likeness (QED) is 0.561. The second-order valence-corrected chi connectivity index (χ2v) is 7.58. The number of H-pyrrole nitrogens is 1. The van der Waals surface area contributed by atoms with Crippen molar-refractivity contribution in [3.63, 3.8) is 0 Å². The van der Waals surface area contributed by atoms with Crippen LogP contribution in [0.2, 0.25) is 0 Å². The Labute approximate surface area is 175 Å². The maximum Gasteiger partial charge on any atom is 0.405 e. The Hall–Kier alpha value is -3.32. The Bertz CT molecular complexity index is 1050. The predicted molar refractivity (Wildman–Crippen MR) is 115 cm³/mol. The minimum Gasteiger partial charge on any atom is -0.436 e. The number of aromatic amines is 1. The van der Waals surface area contributed by atoms with Gasteiger partial charge in [0.15, 0.2) is 6.10 Å². The Morgan fingerprint density at radius 2 is 1.90 bits per heavy atom. The molecule has 0 saturated heterocycles. The smallest absolute Gasteiger partial charge is 0.405 e. The van der Waals surface area contributed by atoms with Crippen molar-refractivity contribution in [2.45, 2.75) is 25.5 Å². The number of nitrogens with zero attached hydrogens (tertiary/aromatic N) is 1. The van der Waals surface area contributed by atoms with Crippen molar-refractivity contribution in [1.29, 1.82) is 0 Å². The van der Waals surface area contributed by atoms with Crippen LogP contribution in [0.1, 0.15) is 16.7 Å². The van der Waals surface area contributed by atoms with Crippen LogP contribution in [-0.2, 0) is 28.9 Å². The molecule has 4 N–H and O–H groups in total. The fraction of sp³-hybridized carbons (Fsp3) is 0.304. The van der Waals surface area contributed by atoms with Gasteiger partial charge in [0.05, 0.1) is 0 Å². The summed E-state index contributed by atoms with van der Waals surface area (Å²) < 4.78 is 5.12. The molecule has 30 heavy (non-hydrogen) atoms. The zero-order valence-electron chi connectivity index (χ0n) is 16.8. The minimum absolute atomic E-state index is 0.260. The topological polar surface area (TPSA) is 100 Å². The van der Waals surface area contributed by atoms with Gasteiger partial charge in [-0.1, -0.05) is 42.5 Å². The molecule has 7 heteroatoms. The van der Waals surface area contributed by atoms with E-state index in [-0.39, 0.29) is 12.3 Å². The fourth-order valence-electron chi connectivity index (χ4n) is 4.02. The van der Waals surface area contributed by atoms with Crippen molar-refractivity contribution < 1.29 is 14.3 Å². The zero-order chi connectivity index (χ0) is 20.9. The molecule has 1 aliphatic heterocycles. The van der Waals surface area contributed by atoms with Crippen LogP contribution in [0.4, 0.5) is 4.79 Å². The SMILES string of the molecule is NC(=O)OC(Cc1c[nH]c2ccccc12)C(=O)NCCN1CCc2ccccc2C1. The van der Waals surface area contributed by atoms with Gasteiger partial charge in [-0.15, -0.1) is 0 Å². The number of benzene rings is 2. The van der Waals surface area contributed by atoms with E-state index < -0.39 is 12.2 Å². The van der Waals surface area contributed by atoms with Gasteiger partial charge in [0.25, 0.3) is 5.91 Å². The number of ether oxygens (including phenoxy) is 1. The maximum absolute atomic E-state index is 12.7. The number of fused-ring (bicyclic) bond motifs is 2. The molecule has 2 amide bonds.